The first-order valence-electron chi connectivity index (χ1n) is 6.01. The molecule has 0 spiro atoms. The number of aryl methyl sites for hydroxylation is 1. The lowest BCUT2D eigenvalue weighted by Gasteiger charge is -2.18. The summed E-state index contributed by atoms with van der Waals surface area (Å²) in [7, 11) is 0. The largest absolute Gasteiger partial charge is 0.323 e. The van der Waals surface area contributed by atoms with E-state index in [1.54, 1.807) is 0 Å². The Bertz CT molecular complexity index is 532. The van der Waals surface area contributed by atoms with Crippen LogP contribution in [0.25, 0.3) is 0 Å². The summed E-state index contributed by atoms with van der Waals surface area (Å²) in [6.45, 7) is 3.90. The SMILES string of the molecule is Cc1ccc(C(=O)C(C)C(N)c2ccccc2)s1. The molecule has 0 fully saturated rings. The first kappa shape index (κ1) is 13.0. The van der Waals surface area contributed by atoms with Gasteiger partial charge >= 0.3 is 0 Å². The Morgan fingerprint density at radius 2 is 1.83 bits per heavy atom. The fraction of sp³-hybridized carbons (Fsp3) is 0.267. The van der Waals surface area contributed by atoms with Crippen LogP contribution in [-0.2, 0) is 0 Å². The smallest absolute Gasteiger partial charge is 0.177 e. The van der Waals surface area contributed by atoms with Crippen LogP contribution in [0.15, 0.2) is 42.5 Å². The van der Waals surface area contributed by atoms with Crippen molar-refractivity contribution in [1.29, 1.82) is 0 Å². The van der Waals surface area contributed by atoms with Gasteiger partial charge in [-0.25, -0.2) is 0 Å². The van der Waals surface area contributed by atoms with Gasteiger partial charge in [0.05, 0.1) is 4.88 Å². The van der Waals surface area contributed by atoms with Crippen molar-refractivity contribution in [2.75, 3.05) is 0 Å². The molecule has 2 atom stereocenters. The number of rotatable bonds is 4. The molecule has 2 nitrogen and oxygen atoms in total. The van der Waals surface area contributed by atoms with Crippen molar-refractivity contribution in [3.8, 4) is 0 Å². The van der Waals surface area contributed by atoms with Gasteiger partial charge in [-0.1, -0.05) is 37.3 Å². The summed E-state index contributed by atoms with van der Waals surface area (Å²) in [6.07, 6.45) is 0. The van der Waals surface area contributed by atoms with E-state index in [2.05, 4.69) is 0 Å². The number of hydrogen-bond acceptors (Lipinski definition) is 3. The number of carbonyl (C=O) groups excluding carboxylic acids is 1. The fourth-order valence-corrected chi connectivity index (χ4v) is 2.82. The second-order valence-electron chi connectivity index (χ2n) is 4.50. The van der Waals surface area contributed by atoms with Gasteiger partial charge in [0.2, 0.25) is 0 Å². The van der Waals surface area contributed by atoms with E-state index in [0.717, 1.165) is 15.3 Å². The van der Waals surface area contributed by atoms with E-state index in [1.807, 2.05) is 56.3 Å². The molecule has 2 rings (SSSR count). The summed E-state index contributed by atoms with van der Waals surface area (Å²) in [5, 5.41) is 0. The highest BCUT2D eigenvalue weighted by molar-refractivity contribution is 7.14. The molecule has 1 aromatic heterocycles. The van der Waals surface area contributed by atoms with Gasteiger partial charge in [-0.3, -0.25) is 4.79 Å². The van der Waals surface area contributed by atoms with Crippen LogP contribution < -0.4 is 5.73 Å². The number of hydrogen-bond donors (Lipinski definition) is 1. The fourth-order valence-electron chi connectivity index (χ4n) is 1.92. The Morgan fingerprint density at radius 1 is 1.17 bits per heavy atom. The maximum absolute atomic E-state index is 12.3. The van der Waals surface area contributed by atoms with Crippen molar-refractivity contribution in [1.82, 2.24) is 0 Å². The molecule has 94 valence electrons. The predicted molar refractivity (Wildman–Crippen MR) is 75.9 cm³/mol. The van der Waals surface area contributed by atoms with Crippen molar-refractivity contribution < 1.29 is 4.79 Å². The van der Waals surface area contributed by atoms with Gasteiger partial charge in [-0.15, -0.1) is 11.3 Å². The van der Waals surface area contributed by atoms with Crippen molar-refractivity contribution in [2.45, 2.75) is 19.9 Å². The van der Waals surface area contributed by atoms with E-state index in [1.165, 1.54) is 11.3 Å². The molecule has 2 unspecified atom stereocenters. The van der Waals surface area contributed by atoms with E-state index in [0.29, 0.717) is 0 Å². The van der Waals surface area contributed by atoms with E-state index in [-0.39, 0.29) is 17.7 Å². The van der Waals surface area contributed by atoms with Gasteiger partial charge in [0.15, 0.2) is 5.78 Å². The zero-order valence-electron chi connectivity index (χ0n) is 10.6. The van der Waals surface area contributed by atoms with Crippen molar-refractivity contribution >= 4 is 17.1 Å². The number of carbonyl (C=O) groups is 1. The number of ketones is 1. The minimum atomic E-state index is -0.249. The summed E-state index contributed by atoms with van der Waals surface area (Å²) < 4.78 is 0. The van der Waals surface area contributed by atoms with Gasteiger partial charge < -0.3 is 5.73 Å². The topological polar surface area (TPSA) is 43.1 Å². The van der Waals surface area contributed by atoms with Crippen LogP contribution in [0.1, 0.15) is 33.1 Å². The summed E-state index contributed by atoms with van der Waals surface area (Å²) in [6, 6.07) is 13.4. The molecule has 2 N–H and O–H groups in total. The molecular weight excluding hydrogens is 242 g/mol. The van der Waals surface area contributed by atoms with Crippen molar-refractivity contribution in [3.63, 3.8) is 0 Å². The van der Waals surface area contributed by atoms with Gasteiger partial charge in [0, 0.05) is 16.8 Å². The molecule has 3 heteroatoms. The maximum atomic E-state index is 12.3. The van der Waals surface area contributed by atoms with Crippen LogP contribution in [0.2, 0.25) is 0 Å². The highest BCUT2D eigenvalue weighted by Gasteiger charge is 2.24. The summed E-state index contributed by atoms with van der Waals surface area (Å²) in [4.78, 5) is 14.3. The Kier molecular flexibility index (Phi) is 3.94. The van der Waals surface area contributed by atoms with Crippen LogP contribution in [0.3, 0.4) is 0 Å². The second-order valence-corrected chi connectivity index (χ2v) is 5.79. The lowest BCUT2D eigenvalue weighted by molar-refractivity contribution is 0.0917. The normalized spacial score (nSPS) is 14.2. The number of Topliss-reactive ketones (excluding diaryl/α,β-unsaturated/α-hetero) is 1. The van der Waals surface area contributed by atoms with Crippen LogP contribution in [0.4, 0.5) is 0 Å². The van der Waals surface area contributed by atoms with E-state index in [9.17, 15) is 4.79 Å². The average molecular weight is 259 g/mol. The minimum absolute atomic E-state index is 0.129. The molecule has 0 radical (unpaired) electrons. The summed E-state index contributed by atoms with van der Waals surface area (Å²) in [5.41, 5.74) is 7.17. The monoisotopic (exact) mass is 259 g/mol. The second kappa shape index (κ2) is 5.46. The van der Waals surface area contributed by atoms with E-state index < -0.39 is 0 Å². The number of nitrogens with two attached hydrogens (primary N) is 1. The van der Waals surface area contributed by atoms with Crippen molar-refractivity contribution in [2.24, 2.45) is 11.7 Å². The van der Waals surface area contributed by atoms with Gasteiger partial charge in [0.1, 0.15) is 0 Å². The molecule has 0 aliphatic rings. The van der Waals surface area contributed by atoms with Crippen LogP contribution in [0.5, 0.6) is 0 Å². The molecule has 0 saturated heterocycles. The molecule has 0 aliphatic heterocycles. The van der Waals surface area contributed by atoms with Crippen LogP contribution >= 0.6 is 11.3 Å². The lowest BCUT2D eigenvalue weighted by atomic mass is 9.91. The molecule has 0 saturated carbocycles. The average Bonchev–Trinajstić information content (AvgIpc) is 2.84. The molecule has 0 aliphatic carbocycles. The molecule has 1 heterocycles. The molecule has 1 aromatic carbocycles. The maximum Gasteiger partial charge on any atom is 0.177 e. The van der Waals surface area contributed by atoms with Gasteiger partial charge in [0.25, 0.3) is 0 Å². The zero-order valence-corrected chi connectivity index (χ0v) is 11.4. The highest BCUT2D eigenvalue weighted by Crippen LogP contribution is 2.25. The van der Waals surface area contributed by atoms with Crippen molar-refractivity contribution in [3.05, 3.63) is 57.8 Å². The van der Waals surface area contributed by atoms with Gasteiger partial charge in [-0.05, 0) is 24.6 Å². The summed E-state index contributed by atoms with van der Waals surface area (Å²) >= 11 is 1.53. The number of thiophene rings is 1. The van der Waals surface area contributed by atoms with Crippen LogP contribution in [0, 0.1) is 12.8 Å². The first-order chi connectivity index (χ1) is 8.59. The van der Waals surface area contributed by atoms with Crippen LogP contribution in [-0.4, -0.2) is 5.78 Å². The number of benzene rings is 1. The Balaban J connectivity index is 2.16. The third-order valence-electron chi connectivity index (χ3n) is 3.12. The quantitative estimate of drug-likeness (QED) is 0.853. The van der Waals surface area contributed by atoms with Gasteiger partial charge in [-0.2, -0.15) is 0 Å². The molecule has 0 bridgehead atoms. The van der Waals surface area contributed by atoms with E-state index in [4.69, 9.17) is 5.73 Å². The standard InChI is InChI=1S/C15H17NOS/c1-10-8-9-13(18-10)15(17)11(2)14(16)12-6-4-3-5-7-12/h3-9,11,14H,16H2,1-2H3. The zero-order chi connectivity index (χ0) is 13.1. The first-order valence-corrected chi connectivity index (χ1v) is 6.82. The Morgan fingerprint density at radius 3 is 2.39 bits per heavy atom. The molecule has 0 amide bonds. The Hall–Kier alpha value is -1.45. The lowest BCUT2D eigenvalue weighted by Crippen LogP contribution is -2.25. The highest BCUT2D eigenvalue weighted by atomic mass is 32.1. The molecule has 18 heavy (non-hydrogen) atoms. The molecular formula is C15H17NOS. The van der Waals surface area contributed by atoms with E-state index >= 15 is 0 Å². The minimum Gasteiger partial charge on any atom is -0.323 e. The summed E-state index contributed by atoms with van der Waals surface area (Å²) in [5.74, 6) is -0.0742. The third-order valence-corrected chi connectivity index (χ3v) is 4.14. The Labute approximate surface area is 111 Å². The predicted octanol–water partition coefficient (Wildman–Crippen LogP) is 3.58. The third kappa shape index (κ3) is 2.68. The molecule has 2 aromatic rings.